The number of hydrogen-bond acceptors (Lipinski definition) is 6. The highest BCUT2D eigenvalue weighted by molar-refractivity contribution is 7.90. The van der Waals surface area contributed by atoms with Gasteiger partial charge in [-0.15, -0.1) is 0 Å². The fourth-order valence-electron chi connectivity index (χ4n) is 1.89. The van der Waals surface area contributed by atoms with Gasteiger partial charge in [0.05, 0.1) is 23.1 Å². The molecule has 1 atom stereocenters. The lowest BCUT2D eigenvalue weighted by molar-refractivity contribution is -0.117. The van der Waals surface area contributed by atoms with Gasteiger partial charge in [0.25, 0.3) is 0 Å². The van der Waals surface area contributed by atoms with Crippen LogP contribution in [0, 0.1) is 0 Å². The summed E-state index contributed by atoms with van der Waals surface area (Å²) >= 11 is 0. The number of ether oxygens (including phenoxy) is 1. The molecular formula is C15H22N2O5S. The Labute approximate surface area is 136 Å². The molecule has 8 heteroatoms. The Balaban J connectivity index is 3.18. The van der Waals surface area contributed by atoms with Gasteiger partial charge in [-0.3, -0.25) is 4.79 Å². The number of rotatable bonds is 7. The maximum Gasteiger partial charge on any atom is 0.338 e. The number of amides is 1. The van der Waals surface area contributed by atoms with Crippen molar-refractivity contribution in [3.05, 3.63) is 23.8 Å². The molecule has 0 saturated heterocycles. The zero-order chi connectivity index (χ0) is 17.6. The zero-order valence-corrected chi connectivity index (χ0v) is 14.3. The number of hydrogen-bond donors (Lipinski definition) is 2. The Bertz CT molecular complexity index is 685. The number of sulfone groups is 1. The van der Waals surface area contributed by atoms with Gasteiger partial charge in [0.15, 0.2) is 9.84 Å². The summed E-state index contributed by atoms with van der Waals surface area (Å²) in [7, 11) is -3.55. The van der Waals surface area contributed by atoms with Gasteiger partial charge in [-0.05, 0) is 31.5 Å². The molecular weight excluding hydrogens is 320 g/mol. The SMILES string of the molecule is CCCC(N)C(=O)Nc1cc(C(=O)OCC)cc(S(C)(=O)=O)c1. The van der Waals surface area contributed by atoms with Gasteiger partial charge in [-0.1, -0.05) is 13.3 Å². The second-order valence-corrected chi connectivity index (χ2v) is 7.14. The van der Waals surface area contributed by atoms with Crippen LogP contribution in [0.3, 0.4) is 0 Å². The molecule has 0 spiro atoms. The van der Waals surface area contributed by atoms with Gasteiger partial charge >= 0.3 is 5.97 Å². The van der Waals surface area contributed by atoms with E-state index in [2.05, 4.69) is 5.32 Å². The second kappa shape index (κ2) is 8.07. The van der Waals surface area contributed by atoms with Crippen molar-refractivity contribution < 1.29 is 22.7 Å². The molecule has 0 aliphatic carbocycles. The Kier molecular flexibility index (Phi) is 6.71. The number of nitrogens with one attached hydrogen (secondary N) is 1. The van der Waals surface area contributed by atoms with E-state index in [1.165, 1.54) is 18.2 Å². The average molecular weight is 342 g/mol. The summed E-state index contributed by atoms with van der Waals surface area (Å²) in [6, 6.07) is 3.17. The van der Waals surface area contributed by atoms with Crippen LogP contribution in [-0.4, -0.2) is 39.2 Å². The molecule has 1 rings (SSSR count). The van der Waals surface area contributed by atoms with Crippen molar-refractivity contribution >= 4 is 27.4 Å². The van der Waals surface area contributed by atoms with Crippen LogP contribution in [0.5, 0.6) is 0 Å². The predicted octanol–water partition coefficient (Wildman–Crippen LogP) is 1.33. The lowest BCUT2D eigenvalue weighted by atomic mass is 10.1. The van der Waals surface area contributed by atoms with E-state index in [0.717, 1.165) is 12.7 Å². The lowest BCUT2D eigenvalue weighted by Gasteiger charge is -2.13. The first-order valence-corrected chi connectivity index (χ1v) is 9.16. The van der Waals surface area contributed by atoms with E-state index in [9.17, 15) is 18.0 Å². The van der Waals surface area contributed by atoms with Crippen LogP contribution >= 0.6 is 0 Å². The van der Waals surface area contributed by atoms with Crippen LogP contribution in [0.4, 0.5) is 5.69 Å². The highest BCUT2D eigenvalue weighted by Crippen LogP contribution is 2.20. The van der Waals surface area contributed by atoms with E-state index in [0.29, 0.717) is 6.42 Å². The molecule has 1 aromatic rings. The van der Waals surface area contributed by atoms with Gasteiger partial charge in [0.1, 0.15) is 0 Å². The van der Waals surface area contributed by atoms with Crippen LogP contribution in [0.1, 0.15) is 37.0 Å². The minimum Gasteiger partial charge on any atom is -0.462 e. The smallest absolute Gasteiger partial charge is 0.338 e. The summed E-state index contributed by atoms with van der Waals surface area (Å²) < 4.78 is 28.4. The third-order valence-electron chi connectivity index (χ3n) is 3.05. The Morgan fingerprint density at radius 3 is 2.43 bits per heavy atom. The number of carbonyl (C=O) groups excluding carboxylic acids is 2. The third kappa shape index (κ3) is 5.65. The van der Waals surface area contributed by atoms with Gasteiger partial charge in [-0.2, -0.15) is 0 Å². The molecule has 1 aromatic carbocycles. The number of benzene rings is 1. The van der Waals surface area contributed by atoms with E-state index in [1.807, 2.05) is 6.92 Å². The number of esters is 1. The van der Waals surface area contributed by atoms with E-state index in [1.54, 1.807) is 6.92 Å². The molecule has 128 valence electrons. The van der Waals surface area contributed by atoms with Crippen molar-refractivity contribution in [3.63, 3.8) is 0 Å². The monoisotopic (exact) mass is 342 g/mol. The summed E-state index contributed by atoms with van der Waals surface area (Å²) in [6.45, 7) is 3.70. The minimum absolute atomic E-state index is 0.0501. The van der Waals surface area contributed by atoms with Crippen LogP contribution in [-0.2, 0) is 19.4 Å². The Morgan fingerprint density at radius 1 is 1.26 bits per heavy atom. The lowest BCUT2D eigenvalue weighted by Crippen LogP contribution is -2.35. The van der Waals surface area contributed by atoms with Crippen molar-refractivity contribution in [2.75, 3.05) is 18.2 Å². The fraction of sp³-hybridized carbons (Fsp3) is 0.467. The quantitative estimate of drug-likeness (QED) is 0.722. The summed E-state index contributed by atoms with van der Waals surface area (Å²) in [5.41, 5.74) is 5.96. The Hall–Kier alpha value is -1.93. The first-order chi connectivity index (χ1) is 10.7. The first kappa shape index (κ1) is 19.1. The molecule has 0 bridgehead atoms. The fourth-order valence-corrected chi connectivity index (χ4v) is 2.58. The third-order valence-corrected chi connectivity index (χ3v) is 4.14. The summed E-state index contributed by atoms with van der Waals surface area (Å²) in [5.74, 6) is -1.10. The maximum atomic E-state index is 12.0. The predicted molar refractivity (Wildman–Crippen MR) is 87.0 cm³/mol. The number of anilines is 1. The molecule has 0 radical (unpaired) electrons. The molecule has 23 heavy (non-hydrogen) atoms. The highest BCUT2D eigenvalue weighted by Gasteiger charge is 2.18. The van der Waals surface area contributed by atoms with E-state index < -0.39 is 27.8 Å². The van der Waals surface area contributed by atoms with Crippen LogP contribution < -0.4 is 11.1 Å². The molecule has 7 nitrogen and oxygen atoms in total. The molecule has 0 aliphatic heterocycles. The van der Waals surface area contributed by atoms with Gasteiger partial charge in [-0.25, -0.2) is 13.2 Å². The molecule has 0 heterocycles. The van der Waals surface area contributed by atoms with Crippen molar-refractivity contribution in [2.24, 2.45) is 5.73 Å². The van der Waals surface area contributed by atoms with Gasteiger partial charge in [0, 0.05) is 11.9 Å². The molecule has 1 amide bonds. The Morgan fingerprint density at radius 2 is 1.91 bits per heavy atom. The van der Waals surface area contributed by atoms with Crippen molar-refractivity contribution in [1.82, 2.24) is 0 Å². The number of nitrogens with two attached hydrogens (primary N) is 1. The zero-order valence-electron chi connectivity index (χ0n) is 13.5. The standard InChI is InChI=1S/C15H22N2O5S/c1-4-6-13(16)14(18)17-11-7-10(15(19)22-5-2)8-12(9-11)23(3,20)21/h7-9,13H,4-6,16H2,1-3H3,(H,17,18). The van der Waals surface area contributed by atoms with Gasteiger partial charge in [0.2, 0.25) is 5.91 Å². The average Bonchev–Trinajstić information content (AvgIpc) is 2.46. The first-order valence-electron chi connectivity index (χ1n) is 7.27. The molecule has 0 saturated carbocycles. The molecule has 0 aromatic heterocycles. The van der Waals surface area contributed by atoms with Crippen molar-refractivity contribution in [3.8, 4) is 0 Å². The molecule has 0 aliphatic rings. The largest absolute Gasteiger partial charge is 0.462 e. The second-order valence-electron chi connectivity index (χ2n) is 5.12. The number of carbonyl (C=O) groups is 2. The van der Waals surface area contributed by atoms with Crippen LogP contribution in [0.15, 0.2) is 23.1 Å². The molecule has 0 fully saturated rings. The van der Waals surface area contributed by atoms with Crippen LogP contribution in [0.2, 0.25) is 0 Å². The van der Waals surface area contributed by atoms with E-state index in [4.69, 9.17) is 10.5 Å². The topological polar surface area (TPSA) is 116 Å². The molecule has 1 unspecified atom stereocenters. The maximum absolute atomic E-state index is 12.0. The van der Waals surface area contributed by atoms with E-state index >= 15 is 0 Å². The summed E-state index contributed by atoms with van der Waals surface area (Å²) in [6.07, 6.45) is 2.26. The van der Waals surface area contributed by atoms with E-state index in [-0.39, 0.29) is 22.8 Å². The van der Waals surface area contributed by atoms with Crippen molar-refractivity contribution in [2.45, 2.75) is 37.6 Å². The van der Waals surface area contributed by atoms with Gasteiger partial charge < -0.3 is 15.8 Å². The minimum atomic E-state index is -3.55. The highest BCUT2D eigenvalue weighted by atomic mass is 32.2. The summed E-state index contributed by atoms with van der Waals surface area (Å²) in [4.78, 5) is 23.7. The molecule has 3 N–H and O–H groups in total. The normalized spacial score (nSPS) is 12.5. The van der Waals surface area contributed by atoms with Crippen LogP contribution in [0.25, 0.3) is 0 Å². The summed E-state index contributed by atoms with van der Waals surface area (Å²) in [5, 5.41) is 2.54. The van der Waals surface area contributed by atoms with Crippen molar-refractivity contribution in [1.29, 1.82) is 0 Å².